The van der Waals surface area contributed by atoms with Crippen LogP contribution in [0.2, 0.25) is 0 Å². The molecule has 0 radical (unpaired) electrons. The van der Waals surface area contributed by atoms with Crippen molar-refractivity contribution in [3.63, 3.8) is 0 Å². The van der Waals surface area contributed by atoms with Crippen LogP contribution >= 0.6 is 0 Å². The van der Waals surface area contributed by atoms with E-state index in [-0.39, 0.29) is 12.8 Å². The van der Waals surface area contributed by atoms with Crippen molar-refractivity contribution < 1.29 is 18.8 Å². The van der Waals surface area contributed by atoms with Crippen LogP contribution in [0.5, 0.6) is 0 Å². The number of primary amides is 1. The molecule has 4 N–H and O–H groups in total. The van der Waals surface area contributed by atoms with E-state index < -0.39 is 35.6 Å². The summed E-state index contributed by atoms with van der Waals surface area (Å²) in [5, 5.41) is 5.19. The molecular formula is C26H26FN3O3. The lowest BCUT2D eigenvalue weighted by atomic mass is 9.99. The SMILES string of the molecule is CC(=O)N[C@@H](Cc1cccc(F)c1)C(=O)N[C@@H](Cc1ccc(-c2ccccc2)cc1)C(N)=O. The molecule has 0 fully saturated rings. The Labute approximate surface area is 192 Å². The molecule has 0 spiro atoms. The van der Waals surface area contributed by atoms with E-state index >= 15 is 0 Å². The normalized spacial score (nSPS) is 12.4. The number of halogens is 1. The highest BCUT2D eigenvalue weighted by atomic mass is 19.1. The summed E-state index contributed by atoms with van der Waals surface area (Å²) in [6.07, 6.45) is 0.267. The molecule has 3 aromatic carbocycles. The Bertz CT molecular complexity index is 1120. The fourth-order valence-corrected chi connectivity index (χ4v) is 3.55. The van der Waals surface area contributed by atoms with E-state index in [2.05, 4.69) is 10.6 Å². The highest BCUT2D eigenvalue weighted by molar-refractivity contribution is 5.91. The van der Waals surface area contributed by atoms with E-state index in [1.54, 1.807) is 6.07 Å². The van der Waals surface area contributed by atoms with Crippen LogP contribution in [0.4, 0.5) is 4.39 Å². The molecule has 0 heterocycles. The van der Waals surface area contributed by atoms with Crippen molar-refractivity contribution in [2.45, 2.75) is 31.8 Å². The number of carbonyl (C=O) groups is 3. The number of benzene rings is 3. The summed E-state index contributed by atoms with van der Waals surface area (Å²) in [5.41, 5.74) is 8.99. The van der Waals surface area contributed by atoms with Crippen molar-refractivity contribution in [3.8, 4) is 11.1 Å². The quantitative estimate of drug-likeness (QED) is 0.470. The van der Waals surface area contributed by atoms with Crippen LogP contribution in [0, 0.1) is 5.82 Å². The highest BCUT2D eigenvalue weighted by Crippen LogP contribution is 2.19. The molecule has 3 rings (SSSR count). The van der Waals surface area contributed by atoms with E-state index in [9.17, 15) is 18.8 Å². The van der Waals surface area contributed by atoms with Crippen LogP contribution in [-0.2, 0) is 27.2 Å². The number of nitrogens with two attached hydrogens (primary N) is 1. The van der Waals surface area contributed by atoms with Crippen molar-refractivity contribution in [2.75, 3.05) is 0 Å². The standard InChI is InChI=1S/C26H26FN3O3/c1-17(31)29-24(16-19-6-5-9-22(27)14-19)26(33)30-23(25(28)32)15-18-10-12-21(13-11-18)20-7-3-2-4-8-20/h2-14,23-24H,15-16H2,1H3,(H2,28,32)(H,29,31)(H,30,33)/t23-,24-/m0/s1. The van der Waals surface area contributed by atoms with Crippen molar-refractivity contribution in [3.05, 3.63) is 95.8 Å². The van der Waals surface area contributed by atoms with Gasteiger partial charge in [0.05, 0.1) is 0 Å². The van der Waals surface area contributed by atoms with Crippen molar-refractivity contribution in [2.24, 2.45) is 5.73 Å². The van der Waals surface area contributed by atoms with Gasteiger partial charge in [0.1, 0.15) is 17.9 Å². The van der Waals surface area contributed by atoms with Gasteiger partial charge in [0, 0.05) is 19.8 Å². The lowest BCUT2D eigenvalue weighted by molar-refractivity contribution is -0.130. The van der Waals surface area contributed by atoms with Gasteiger partial charge in [-0.15, -0.1) is 0 Å². The smallest absolute Gasteiger partial charge is 0.243 e. The first kappa shape index (κ1) is 23.7. The zero-order valence-corrected chi connectivity index (χ0v) is 18.3. The second-order valence-corrected chi connectivity index (χ2v) is 7.82. The average Bonchev–Trinajstić information content (AvgIpc) is 2.79. The fraction of sp³-hybridized carbons (Fsp3) is 0.192. The first-order valence-electron chi connectivity index (χ1n) is 10.6. The summed E-state index contributed by atoms with van der Waals surface area (Å²) < 4.78 is 13.5. The minimum Gasteiger partial charge on any atom is -0.368 e. The van der Waals surface area contributed by atoms with Gasteiger partial charge >= 0.3 is 0 Å². The molecule has 0 aliphatic rings. The minimum atomic E-state index is -0.980. The number of nitrogens with one attached hydrogen (secondary N) is 2. The Morgan fingerprint density at radius 1 is 0.788 bits per heavy atom. The van der Waals surface area contributed by atoms with E-state index in [1.165, 1.54) is 25.1 Å². The molecule has 0 bridgehead atoms. The van der Waals surface area contributed by atoms with Crippen LogP contribution in [0.3, 0.4) is 0 Å². The zero-order valence-electron chi connectivity index (χ0n) is 18.3. The first-order valence-corrected chi connectivity index (χ1v) is 10.6. The molecule has 33 heavy (non-hydrogen) atoms. The third kappa shape index (κ3) is 7.00. The number of hydrogen-bond acceptors (Lipinski definition) is 3. The maximum absolute atomic E-state index is 13.5. The Morgan fingerprint density at radius 2 is 1.42 bits per heavy atom. The molecule has 170 valence electrons. The van der Waals surface area contributed by atoms with Gasteiger partial charge in [-0.05, 0) is 34.4 Å². The largest absolute Gasteiger partial charge is 0.368 e. The van der Waals surface area contributed by atoms with Crippen LogP contribution in [0.1, 0.15) is 18.1 Å². The second-order valence-electron chi connectivity index (χ2n) is 7.82. The van der Waals surface area contributed by atoms with Gasteiger partial charge in [0.15, 0.2) is 0 Å². The predicted octanol–water partition coefficient (Wildman–Crippen LogP) is 2.75. The highest BCUT2D eigenvalue weighted by Gasteiger charge is 2.25. The van der Waals surface area contributed by atoms with E-state index in [0.29, 0.717) is 5.56 Å². The summed E-state index contributed by atoms with van der Waals surface area (Å²) in [4.78, 5) is 36.5. The Kier molecular flexibility index (Phi) is 7.91. The molecule has 3 amide bonds. The molecule has 0 aliphatic carbocycles. The van der Waals surface area contributed by atoms with Crippen LogP contribution < -0.4 is 16.4 Å². The maximum atomic E-state index is 13.5. The summed E-state index contributed by atoms with van der Waals surface area (Å²) in [7, 11) is 0. The summed E-state index contributed by atoms with van der Waals surface area (Å²) in [5.74, 6) is -2.12. The van der Waals surface area contributed by atoms with Gasteiger partial charge in [0.25, 0.3) is 0 Å². The van der Waals surface area contributed by atoms with Crippen molar-refractivity contribution in [1.29, 1.82) is 0 Å². The topological polar surface area (TPSA) is 101 Å². The van der Waals surface area contributed by atoms with Gasteiger partial charge in [-0.3, -0.25) is 14.4 Å². The van der Waals surface area contributed by atoms with Gasteiger partial charge < -0.3 is 16.4 Å². The molecule has 6 nitrogen and oxygen atoms in total. The van der Waals surface area contributed by atoms with Crippen LogP contribution in [-0.4, -0.2) is 29.8 Å². The lowest BCUT2D eigenvalue weighted by Crippen LogP contribution is -2.54. The number of rotatable bonds is 9. The summed E-state index contributed by atoms with van der Waals surface area (Å²) in [6.45, 7) is 1.28. The molecule has 2 atom stereocenters. The fourth-order valence-electron chi connectivity index (χ4n) is 3.55. The van der Waals surface area contributed by atoms with Gasteiger partial charge in [-0.1, -0.05) is 66.7 Å². The van der Waals surface area contributed by atoms with E-state index in [0.717, 1.165) is 16.7 Å². The number of amides is 3. The minimum absolute atomic E-state index is 0.0699. The molecular weight excluding hydrogens is 421 g/mol. The molecule has 0 unspecified atom stereocenters. The van der Waals surface area contributed by atoms with Gasteiger partial charge in [-0.2, -0.15) is 0 Å². The summed E-state index contributed by atoms with van der Waals surface area (Å²) in [6, 6.07) is 21.3. The molecule has 7 heteroatoms. The Balaban J connectivity index is 1.70. The molecule has 0 saturated heterocycles. The lowest BCUT2D eigenvalue weighted by Gasteiger charge is -2.22. The Morgan fingerprint density at radius 3 is 2.03 bits per heavy atom. The number of carbonyl (C=O) groups excluding carboxylic acids is 3. The van der Waals surface area contributed by atoms with Gasteiger partial charge in [0.2, 0.25) is 17.7 Å². The van der Waals surface area contributed by atoms with Crippen molar-refractivity contribution in [1.82, 2.24) is 10.6 Å². The Hall–Kier alpha value is -4.00. The molecule has 0 aromatic heterocycles. The van der Waals surface area contributed by atoms with E-state index in [4.69, 9.17) is 5.73 Å². The maximum Gasteiger partial charge on any atom is 0.243 e. The zero-order chi connectivity index (χ0) is 23.8. The summed E-state index contributed by atoms with van der Waals surface area (Å²) >= 11 is 0. The van der Waals surface area contributed by atoms with Crippen LogP contribution in [0.25, 0.3) is 11.1 Å². The third-order valence-electron chi connectivity index (χ3n) is 5.18. The van der Waals surface area contributed by atoms with Crippen molar-refractivity contribution >= 4 is 17.7 Å². The third-order valence-corrected chi connectivity index (χ3v) is 5.18. The van der Waals surface area contributed by atoms with Gasteiger partial charge in [-0.25, -0.2) is 4.39 Å². The molecule has 0 aliphatic heterocycles. The molecule has 3 aromatic rings. The monoisotopic (exact) mass is 447 g/mol. The average molecular weight is 448 g/mol. The number of hydrogen-bond donors (Lipinski definition) is 3. The molecule has 0 saturated carbocycles. The van der Waals surface area contributed by atoms with E-state index in [1.807, 2.05) is 54.6 Å². The second kappa shape index (κ2) is 11.0. The predicted molar refractivity (Wildman–Crippen MR) is 124 cm³/mol. The van der Waals surface area contributed by atoms with Crippen LogP contribution in [0.15, 0.2) is 78.9 Å². The first-order chi connectivity index (χ1) is 15.8.